The van der Waals surface area contributed by atoms with Gasteiger partial charge in [-0.25, -0.2) is 0 Å². The standard InChI is InChI=1S/C11H22N2O/c1-4-7-9(5-2)13-8-12-10(6-3)11(13)14/h9-10,12H,4-8H2,1-3H3. The molecule has 1 aliphatic rings. The van der Waals surface area contributed by atoms with Gasteiger partial charge in [0.25, 0.3) is 0 Å². The lowest BCUT2D eigenvalue weighted by Gasteiger charge is -2.26. The Morgan fingerprint density at radius 3 is 2.64 bits per heavy atom. The molecule has 3 heteroatoms. The largest absolute Gasteiger partial charge is 0.326 e. The number of carbonyl (C=O) groups excluding carboxylic acids is 1. The normalized spacial score (nSPS) is 24.4. The van der Waals surface area contributed by atoms with Crippen molar-refractivity contribution in [2.45, 2.75) is 58.5 Å². The van der Waals surface area contributed by atoms with Crippen LogP contribution in [-0.4, -0.2) is 29.6 Å². The molecule has 1 fully saturated rings. The molecule has 1 rings (SSSR count). The lowest BCUT2D eigenvalue weighted by atomic mass is 10.1. The molecule has 3 nitrogen and oxygen atoms in total. The van der Waals surface area contributed by atoms with Crippen LogP contribution in [0.4, 0.5) is 0 Å². The first-order valence-electron chi connectivity index (χ1n) is 5.78. The summed E-state index contributed by atoms with van der Waals surface area (Å²) in [5.41, 5.74) is 0. The topological polar surface area (TPSA) is 32.3 Å². The van der Waals surface area contributed by atoms with Gasteiger partial charge in [-0.15, -0.1) is 0 Å². The van der Waals surface area contributed by atoms with Crippen molar-refractivity contribution in [3.8, 4) is 0 Å². The van der Waals surface area contributed by atoms with Gasteiger partial charge in [-0.05, 0) is 19.3 Å². The zero-order valence-electron chi connectivity index (χ0n) is 9.55. The Bertz CT molecular complexity index is 194. The molecule has 82 valence electrons. The number of amides is 1. The van der Waals surface area contributed by atoms with E-state index in [9.17, 15) is 4.79 Å². The van der Waals surface area contributed by atoms with E-state index in [-0.39, 0.29) is 6.04 Å². The molecule has 1 amide bonds. The first-order valence-corrected chi connectivity index (χ1v) is 5.78. The van der Waals surface area contributed by atoms with Crippen LogP contribution in [0.5, 0.6) is 0 Å². The maximum Gasteiger partial charge on any atom is 0.241 e. The molecule has 0 bridgehead atoms. The lowest BCUT2D eigenvalue weighted by Crippen LogP contribution is -2.38. The molecule has 1 aliphatic heterocycles. The summed E-state index contributed by atoms with van der Waals surface area (Å²) in [5.74, 6) is 0.299. The first-order chi connectivity index (χ1) is 6.74. The fourth-order valence-electron chi connectivity index (χ4n) is 2.12. The number of carbonyl (C=O) groups is 1. The quantitative estimate of drug-likeness (QED) is 0.729. The number of rotatable bonds is 5. The average molecular weight is 198 g/mol. The van der Waals surface area contributed by atoms with Gasteiger partial charge >= 0.3 is 0 Å². The van der Waals surface area contributed by atoms with Crippen molar-refractivity contribution in [2.75, 3.05) is 6.67 Å². The molecule has 2 unspecified atom stereocenters. The highest BCUT2D eigenvalue weighted by Crippen LogP contribution is 2.16. The van der Waals surface area contributed by atoms with E-state index < -0.39 is 0 Å². The number of hydrogen-bond donors (Lipinski definition) is 1. The highest BCUT2D eigenvalue weighted by Gasteiger charge is 2.32. The maximum atomic E-state index is 11.9. The van der Waals surface area contributed by atoms with Gasteiger partial charge in [-0.3, -0.25) is 10.1 Å². The molecule has 0 radical (unpaired) electrons. The van der Waals surface area contributed by atoms with Crippen LogP contribution in [0.3, 0.4) is 0 Å². The number of nitrogens with zero attached hydrogens (tertiary/aromatic N) is 1. The Labute approximate surface area is 86.9 Å². The Kier molecular flexibility index (Phi) is 4.39. The lowest BCUT2D eigenvalue weighted by molar-refractivity contribution is -0.131. The molecule has 0 spiro atoms. The first kappa shape index (κ1) is 11.5. The second kappa shape index (κ2) is 5.35. The second-order valence-corrected chi connectivity index (χ2v) is 3.98. The molecule has 1 heterocycles. The Hall–Kier alpha value is -0.570. The van der Waals surface area contributed by atoms with Crippen LogP contribution in [0.2, 0.25) is 0 Å². The SMILES string of the molecule is CCCC(CC)N1CNC(CC)C1=O. The van der Waals surface area contributed by atoms with Gasteiger partial charge in [0.15, 0.2) is 0 Å². The molecular weight excluding hydrogens is 176 g/mol. The third-order valence-electron chi connectivity index (χ3n) is 3.03. The molecule has 2 atom stereocenters. The summed E-state index contributed by atoms with van der Waals surface area (Å²) in [5, 5.41) is 3.26. The molecule has 0 aromatic heterocycles. The third kappa shape index (κ3) is 2.27. The average Bonchev–Trinajstić information content (AvgIpc) is 2.56. The summed E-state index contributed by atoms with van der Waals surface area (Å²) < 4.78 is 0. The minimum absolute atomic E-state index is 0.0703. The van der Waals surface area contributed by atoms with E-state index >= 15 is 0 Å². The van der Waals surface area contributed by atoms with Crippen molar-refractivity contribution in [3.05, 3.63) is 0 Å². The van der Waals surface area contributed by atoms with Crippen LogP contribution >= 0.6 is 0 Å². The van der Waals surface area contributed by atoms with Gasteiger partial charge in [0.2, 0.25) is 5.91 Å². The summed E-state index contributed by atoms with van der Waals surface area (Å²) in [6.07, 6.45) is 4.25. The van der Waals surface area contributed by atoms with Gasteiger partial charge in [-0.2, -0.15) is 0 Å². The number of hydrogen-bond acceptors (Lipinski definition) is 2. The Morgan fingerprint density at radius 1 is 1.50 bits per heavy atom. The van der Waals surface area contributed by atoms with Gasteiger partial charge in [0, 0.05) is 6.04 Å². The van der Waals surface area contributed by atoms with Gasteiger partial charge in [0.05, 0.1) is 12.7 Å². The van der Waals surface area contributed by atoms with Gasteiger partial charge in [-0.1, -0.05) is 27.2 Å². The highest BCUT2D eigenvalue weighted by molar-refractivity contribution is 5.83. The van der Waals surface area contributed by atoms with Crippen LogP contribution in [0, 0.1) is 0 Å². The van der Waals surface area contributed by atoms with E-state index in [0.29, 0.717) is 11.9 Å². The fraction of sp³-hybridized carbons (Fsp3) is 0.909. The summed E-state index contributed by atoms with van der Waals surface area (Å²) in [6, 6.07) is 0.512. The molecule has 0 aromatic rings. The molecule has 1 saturated heterocycles. The van der Waals surface area contributed by atoms with Crippen LogP contribution < -0.4 is 5.32 Å². The van der Waals surface area contributed by atoms with Crippen molar-refractivity contribution in [2.24, 2.45) is 0 Å². The molecular formula is C11H22N2O. The van der Waals surface area contributed by atoms with E-state index in [1.807, 2.05) is 4.90 Å². The third-order valence-corrected chi connectivity index (χ3v) is 3.03. The van der Waals surface area contributed by atoms with Crippen molar-refractivity contribution >= 4 is 5.91 Å². The zero-order chi connectivity index (χ0) is 10.6. The fourth-order valence-corrected chi connectivity index (χ4v) is 2.12. The molecule has 14 heavy (non-hydrogen) atoms. The van der Waals surface area contributed by atoms with Crippen LogP contribution in [-0.2, 0) is 4.79 Å². The Balaban J connectivity index is 2.55. The minimum atomic E-state index is 0.0703. The number of nitrogens with one attached hydrogen (secondary N) is 1. The molecule has 0 aromatic carbocycles. The molecule has 0 aliphatic carbocycles. The minimum Gasteiger partial charge on any atom is -0.326 e. The predicted octanol–water partition coefficient (Wildman–Crippen LogP) is 1.73. The van der Waals surface area contributed by atoms with E-state index in [1.54, 1.807) is 0 Å². The molecule has 1 N–H and O–H groups in total. The van der Waals surface area contributed by atoms with Crippen LogP contribution in [0.1, 0.15) is 46.5 Å². The van der Waals surface area contributed by atoms with Crippen LogP contribution in [0.15, 0.2) is 0 Å². The monoisotopic (exact) mass is 198 g/mol. The zero-order valence-corrected chi connectivity index (χ0v) is 9.55. The van der Waals surface area contributed by atoms with Gasteiger partial charge < -0.3 is 4.90 Å². The highest BCUT2D eigenvalue weighted by atomic mass is 16.2. The summed E-state index contributed by atoms with van der Waals surface area (Å²) in [7, 11) is 0. The van der Waals surface area contributed by atoms with E-state index in [1.165, 1.54) is 0 Å². The predicted molar refractivity (Wildman–Crippen MR) is 57.9 cm³/mol. The summed E-state index contributed by atoms with van der Waals surface area (Å²) >= 11 is 0. The molecule has 0 saturated carbocycles. The van der Waals surface area contributed by atoms with Crippen molar-refractivity contribution in [1.29, 1.82) is 0 Å². The summed E-state index contributed by atoms with van der Waals surface area (Å²) in [6.45, 7) is 7.14. The van der Waals surface area contributed by atoms with Crippen molar-refractivity contribution < 1.29 is 4.79 Å². The second-order valence-electron chi connectivity index (χ2n) is 3.98. The van der Waals surface area contributed by atoms with E-state index in [4.69, 9.17) is 0 Å². The van der Waals surface area contributed by atoms with Crippen molar-refractivity contribution in [3.63, 3.8) is 0 Å². The summed E-state index contributed by atoms with van der Waals surface area (Å²) in [4.78, 5) is 13.9. The van der Waals surface area contributed by atoms with E-state index in [2.05, 4.69) is 26.1 Å². The van der Waals surface area contributed by atoms with E-state index in [0.717, 1.165) is 32.4 Å². The van der Waals surface area contributed by atoms with Crippen molar-refractivity contribution in [1.82, 2.24) is 10.2 Å². The van der Waals surface area contributed by atoms with Gasteiger partial charge in [0.1, 0.15) is 0 Å². The maximum absolute atomic E-state index is 11.9. The smallest absolute Gasteiger partial charge is 0.241 e. The van der Waals surface area contributed by atoms with Crippen LogP contribution in [0.25, 0.3) is 0 Å². The Morgan fingerprint density at radius 2 is 2.21 bits per heavy atom.